The first-order valence-electron chi connectivity index (χ1n) is 18.6. The average Bonchev–Trinajstić information content (AvgIpc) is 3.90. The van der Waals surface area contributed by atoms with Gasteiger partial charge in [0.1, 0.15) is 48.8 Å². The van der Waals surface area contributed by atoms with Crippen LogP contribution in [0.2, 0.25) is 0 Å². The summed E-state index contributed by atoms with van der Waals surface area (Å²) in [6.45, 7) is 6.30. The van der Waals surface area contributed by atoms with Crippen LogP contribution in [0.5, 0.6) is 0 Å². The highest BCUT2D eigenvalue weighted by Crippen LogP contribution is 2.53. The summed E-state index contributed by atoms with van der Waals surface area (Å²) < 4.78 is 122. The van der Waals surface area contributed by atoms with Gasteiger partial charge in [0.2, 0.25) is 0 Å². The summed E-state index contributed by atoms with van der Waals surface area (Å²) in [5.41, 5.74) is 0. The molecule has 5 heterocycles. The van der Waals surface area contributed by atoms with E-state index >= 15 is 0 Å². The Balaban J connectivity index is 1.08. The van der Waals surface area contributed by atoms with Crippen LogP contribution >= 0.6 is 31.3 Å². The van der Waals surface area contributed by atoms with Gasteiger partial charge < -0.3 is 48.4 Å². The van der Waals surface area contributed by atoms with Crippen molar-refractivity contribution in [3.8, 4) is 0 Å². The molecule has 5 rings (SSSR count). The molecule has 0 saturated carbocycles. The van der Waals surface area contributed by atoms with E-state index in [1.165, 1.54) is 0 Å². The molecule has 5 N–H and O–H groups in total. The number of hydrogen-bond donors (Lipinski definition) is 5. The standard InChI is InChI=1S/C30H56O22P4/c1-17-6-7-22(44-17)13-40-53(32,33)50-24-9-19(3)46-28(24)15-42-55(36,37)52-26-11-21(5)48-30(26)16-43-56(38,39)51-25-10-20(4)47-29(25)14-41-54(34,35)49-23-8-18(2)45-27(23)12-31/h17-31H,6-16H2,1-5H3,(H,32,33)(H,34,35)(H,36,37)(H,38,39)/t17-,18-,19-,20-,21-,22-,23+,24+,25+,26+,27+,28+,29+,30+/m0/s1. The minimum atomic E-state index is -4.87. The monoisotopic (exact) mass is 892 g/mol. The van der Waals surface area contributed by atoms with E-state index in [1.54, 1.807) is 27.7 Å². The van der Waals surface area contributed by atoms with Crippen LogP contribution in [0.25, 0.3) is 0 Å². The third-order valence-electron chi connectivity index (χ3n) is 9.75. The van der Waals surface area contributed by atoms with E-state index in [-0.39, 0.29) is 50.6 Å². The molecule has 0 aromatic rings. The molecule has 26 heteroatoms. The van der Waals surface area contributed by atoms with E-state index in [2.05, 4.69) is 0 Å². The van der Waals surface area contributed by atoms with Crippen LogP contribution in [0.1, 0.15) is 73.1 Å². The lowest BCUT2D eigenvalue weighted by Crippen LogP contribution is -2.31. The second-order valence-electron chi connectivity index (χ2n) is 14.8. The van der Waals surface area contributed by atoms with Gasteiger partial charge >= 0.3 is 31.3 Å². The molecular weight excluding hydrogens is 836 g/mol. The summed E-state index contributed by atoms with van der Waals surface area (Å²) in [6.07, 6.45) is -8.26. The van der Waals surface area contributed by atoms with Crippen LogP contribution in [0.4, 0.5) is 0 Å². The lowest BCUT2D eigenvalue weighted by atomic mass is 10.1. The zero-order valence-electron chi connectivity index (χ0n) is 31.8. The van der Waals surface area contributed by atoms with Crippen LogP contribution in [-0.2, 0) is 78.1 Å². The molecule has 5 aliphatic heterocycles. The van der Waals surface area contributed by atoms with Crippen molar-refractivity contribution in [2.45, 2.75) is 159 Å². The van der Waals surface area contributed by atoms with Gasteiger partial charge in [-0.2, -0.15) is 0 Å². The van der Waals surface area contributed by atoms with Gasteiger partial charge in [0.15, 0.2) is 0 Å². The first-order valence-corrected chi connectivity index (χ1v) is 24.6. The molecule has 0 amide bonds. The van der Waals surface area contributed by atoms with Crippen molar-refractivity contribution in [1.82, 2.24) is 0 Å². The Labute approximate surface area is 325 Å². The highest BCUT2D eigenvalue weighted by atomic mass is 31.2. The lowest BCUT2D eigenvalue weighted by molar-refractivity contribution is -0.0443. The van der Waals surface area contributed by atoms with Gasteiger partial charge in [-0.3, -0.25) is 36.2 Å². The Kier molecular flexibility index (Phi) is 16.8. The molecule has 328 valence electrons. The van der Waals surface area contributed by atoms with Crippen molar-refractivity contribution >= 4 is 31.3 Å². The Morgan fingerprint density at radius 1 is 0.446 bits per heavy atom. The van der Waals surface area contributed by atoms with E-state index in [1.807, 2.05) is 6.92 Å². The fraction of sp³-hybridized carbons (Fsp3) is 1.00. The Bertz CT molecular complexity index is 1470. The fourth-order valence-corrected chi connectivity index (χ4v) is 11.1. The fourth-order valence-electron chi connectivity index (χ4n) is 7.22. The molecule has 18 atom stereocenters. The lowest BCUT2D eigenvalue weighted by Gasteiger charge is -2.26. The van der Waals surface area contributed by atoms with E-state index in [0.717, 1.165) is 6.42 Å². The minimum absolute atomic E-state index is 0.0163. The molecule has 5 saturated heterocycles. The van der Waals surface area contributed by atoms with Gasteiger partial charge in [0.05, 0.1) is 69.7 Å². The van der Waals surface area contributed by atoms with Gasteiger partial charge in [-0.15, -0.1) is 0 Å². The van der Waals surface area contributed by atoms with Crippen molar-refractivity contribution < 1.29 is 103 Å². The molecule has 0 aliphatic carbocycles. The second kappa shape index (κ2) is 19.9. The summed E-state index contributed by atoms with van der Waals surface area (Å²) in [4.78, 5) is 41.8. The van der Waals surface area contributed by atoms with Crippen LogP contribution in [-0.4, -0.2) is 143 Å². The number of ether oxygens (including phenoxy) is 5. The largest absolute Gasteiger partial charge is 0.472 e. The second-order valence-corrected chi connectivity index (χ2v) is 20.5. The number of rotatable bonds is 21. The Morgan fingerprint density at radius 3 is 1.05 bits per heavy atom. The highest BCUT2D eigenvalue weighted by Gasteiger charge is 2.46. The minimum Gasteiger partial charge on any atom is -0.394 e. The number of hydrogen-bond acceptors (Lipinski definition) is 18. The molecule has 5 aliphatic rings. The van der Waals surface area contributed by atoms with E-state index < -0.39 is 125 Å². The van der Waals surface area contributed by atoms with Crippen LogP contribution in [0.15, 0.2) is 0 Å². The van der Waals surface area contributed by atoms with Crippen molar-refractivity contribution in [2.75, 3.05) is 33.0 Å². The summed E-state index contributed by atoms with van der Waals surface area (Å²) in [5, 5.41) is 9.47. The van der Waals surface area contributed by atoms with Crippen molar-refractivity contribution in [3.63, 3.8) is 0 Å². The Hall–Kier alpha value is 0.200. The predicted octanol–water partition coefficient (Wildman–Crippen LogP) is 3.26. The van der Waals surface area contributed by atoms with E-state index in [9.17, 15) is 42.9 Å². The zero-order chi connectivity index (χ0) is 41.1. The SMILES string of the molecule is C[C@H]1CC[C@@H](COP(=O)(O)O[C@@H]2C[C@H](C)O[C@@H]2COP(=O)(O)O[C@@H]2C[C@H](C)O[C@@H]2COP(=O)(O)O[C@@H]2C[C@H](C)O[C@@H]2COP(=O)(O)O[C@@H]2C[C@H](C)O[C@@H]2CO)O1. The topological polar surface area (TPSA) is 289 Å². The first-order chi connectivity index (χ1) is 26.1. The molecular formula is C30H56O22P4. The van der Waals surface area contributed by atoms with Gasteiger partial charge in [0.25, 0.3) is 0 Å². The highest BCUT2D eigenvalue weighted by molar-refractivity contribution is 7.48. The average molecular weight is 893 g/mol. The molecule has 56 heavy (non-hydrogen) atoms. The maximum atomic E-state index is 13.1. The molecule has 0 aromatic heterocycles. The van der Waals surface area contributed by atoms with E-state index in [4.69, 9.17) is 59.9 Å². The van der Waals surface area contributed by atoms with Crippen LogP contribution < -0.4 is 0 Å². The quantitative estimate of drug-likeness (QED) is 0.103. The summed E-state index contributed by atoms with van der Waals surface area (Å²) in [7, 11) is -18.9. The van der Waals surface area contributed by atoms with Crippen molar-refractivity contribution in [3.05, 3.63) is 0 Å². The molecule has 22 nitrogen and oxygen atoms in total. The smallest absolute Gasteiger partial charge is 0.394 e. The van der Waals surface area contributed by atoms with Crippen molar-refractivity contribution in [2.24, 2.45) is 0 Å². The van der Waals surface area contributed by atoms with Gasteiger partial charge in [-0.25, -0.2) is 18.3 Å². The molecule has 0 radical (unpaired) electrons. The summed E-state index contributed by atoms with van der Waals surface area (Å²) in [6, 6.07) is 0. The van der Waals surface area contributed by atoms with Gasteiger partial charge in [-0.05, 0) is 47.5 Å². The zero-order valence-corrected chi connectivity index (χ0v) is 35.4. The maximum Gasteiger partial charge on any atom is 0.472 e. The number of aliphatic hydroxyl groups is 1. The predicted molar refractivity (Wildman–Crippen MR) is 189 cm³/mol. The molecule has 0 aromatic carbocycles. The summed E-state index contributed by atoms with van der Waals surface area (Å²) in [5.74, 6) is 0. The Morgan fingerprint density at radius 2 is 0.750 bits per heavy atom. The molecule has 4 unspecified atom stereocenters. The first kappa shape index (κ1) is 47.3. The third-order valence-corrected chi connectivity index (χ3v) is 13.8. The number of phosphoric ester groups is 4. The molecule has 5 fully saturated rings. The van der Waals surface area contributed by atoms with Crippen LogP contribution in [0, 0.1) is 0 Å². The van der Waals surface area contributed by atoms with Gasteiger partial charge in [-0.1, -0.05) is 0 Å². The summed E-state index contributed by atoms with van der Waals surface area (Å²) >= 11 is 0. The van der Waals surface area contributed by atoms with E-state index in [0.29, 0.717) is 6.42 Å². The van der Waals surface area contributed by atoms with Gasteiger partial charge in [0, 0.05) is 25.7 Å². The molecule has 0 bridgehead atoms. The van der Waals surface area contributed by atoms with Crippen LogP contribution in [0.3, 0.4) is 0 Å². The maximum absolute atomic E-state index is 13.1. The third kappa shape index (κ3) is 14.4. The van der Waals surface area contributed by atoms with Crippen molar-refractivity contribution in [1.29, 1.82) is 0 Å². The molecule has 0 spiro atoms. The number of aliphatic hydroxyl groups excluding tert-OH is 1. The number of phosphoric acid groups is 4. The normalized spacial score (nSPS) is 42.0.